The quantitative estimate of drug-likeness (QED) is 0.747. The van der Waals surface area contributed by atoms with Crippen LogP contribution in [0.4, 0.5) is 11.9 Å². The molecule has 102 valence electrons. The molecule has 1 rings (SSSR count). The maximum atomic E-state index is 5.29. The van der Waals surface area contributed by atoms with Gasteiger partial charge in [-0.15, -0.1) is 0 Å². The smallest absolute Gasteiger partial charge is 0.323 e. The Morgan fingerprint density at radius 3 is 2.61 bits per heavy atom. The van der Waals surface area contributed by atoms with Crippen LogP contribution in [0.3, 0.4) is 0 Å². The average Bonchev–Trinajstić information content (AvgIpc) is 2.38. The van der Waals surface area contributed by atoms with Crippen LogP contribution < -0.4 is 15.4 Å². The van der Waals surface area contributed by atoms with E-state index in [4.69, 9.17) is 4.74 Å². The Bertz CT molecular complexity index is 363. The van der Waals surface area contributed by atoms with E-state index < -0.39 is 0 Å². The lowest BCUT2D eigenvalue weighted by Crippen LogP contribution is -2.12. The molecule has 0 aliphatic heterocycles. The lowest BCUT2D eigenvalue weighted by Gasteiger charge is -2.10. The van der Waals surface area contributed by atoms with Crippen LogP contribution in [0.5, 0.6) is 6.01 Å². The molecule has 0 radical (unpaired) electrons. The molecule has 0 amide bonds. The summed E-state index contributed by atoms with van der Waals surface area (Å²) in [6.45, 7) is 5.47. The summed E-state index contributed by atoms with van der Waals surface area (Å²) in [5.41, 5.74) is 0. The molecule has 18 heavy (non-hydrogen) atoms. The maximum Gasteiger partial charge on any atom is 0.323 e. The van der Waals surface area contributed by atoms with Gasteiger partial charge in [0.15, 0.2) is 0 Å². The maximum absolute atomic E-state index is 5.29. The first-order chi connectivity index (χ1) is 8.69. The topological polar surface area (TPSA) is 72.0 Å². The Morgan fingerprint density at radius 1 is 1.28 bits per heavy atom. The van der Waals surface area contributed by atoms with Crippen molar-refractivity contribution in [3.8, 4) is 6.01 Å². The molecule has 1 heterocycles. The van der Waals surface area contributed by atoms with E-state index in [1.807, 2.05) is 18.7 Å². The average molecular weight is 271 g/mol. The van der Waals surface area contributed by atoms with Crippen molar-refractivity contribution in [2.45, 2.75) is 25.5 Å². The summed E-state index contributed by atoms with van der Waals surface area (Å²) < 4.78 is 5.29. The van der Waals surface area contributed by atoms with Gasteiger partial charge in [0.05, 0.1) is 6.61 Å². The first kappa shape index (κ1) is 14.8. The summed E-state index contributed by atoms with van der Waals surface area (Å²) >= 11 is 1.85. The van der Waals surface area contributed by atoms with Crippen molar-refractivity contribution in [3.05, 3.63) is 0 Å². The number of thioether (sulfide) groups is 1. The van der Waals surface area contributed by atoms with Crippen LogP contribution in [-0.2, 0) is 0 Å². The highest BCUT2D eigenvalue weighted by atomic mass is 32.2. The van der Waals surface area contributed by atoms with Crippen molar-refractivity contribution >= 4 is 23.7 Å². The second-order valence-corrected chi connectivity index (χ2v) is 4.99. The predicted octanol–water partition coefficient (Wildman–Crippen LogP) is 1.87. The molecule has 0 saturated carbocycles. The number of anilines is 2. The molecule has 1 unspecified atom stereocenters. The molecule has 0 saturated heterocycles. The fraction of sp³-hybridized carbons (Fsp3) is 0.727. The zero-order valence-corrected chi connectivity index (χ0v) is 12.2. The van der Waals surface area contributed by atoms with Crippen molar-refractivity contribution < 1.29 is 4.74 Å². The minimum atomic E-state index is 0.345. The van der Waals surface area contributed by atoms with Crippen molar-refractivity contribution in [1.82, 2.24) is 15.0 Å². The second-order valence-electron chi connectivity index (χ2n) is 3.71. The lowest BCUT2D eigenvalue weighted by atomic mass is 10.3. The summed E-state index contributed by atoms with van der Waals surface area (Å²) in [6.07, 6.45) is 3.17. The van der Waals surface area contributed by atoms with Crippen LogP contribution in [0, 0.1) is 0 Å². The van der Waals surface area contributed by atoms with Gasteiger partial charge < -0.3 is 15.4 Å². The number of rotatable bonds is 8. The number of hydrogen-bond donors (Lipinski definition) is 2. The third-order valence-electron chi connectivity index (χ3n) is 2.35. The highest BCUT2D eigenvalue weighted by molar-refractivity contribution is 7.99. The highest BCUT2D eigenvalue weighted by Crippen LogP contribution is 2.12. The first-order valence-electron chi connectivity index (χ1n) is 6.02. The van der Waals surface area contributed by atoms with Gasteiger partial charge in [-0.3, -0.25) is 0 Å². The second kappa shape index (κ2) is 7.97. The van der Waals surface area contributed by atoms with Gasteiger partial charge in [-0.05, 0) is 19.6 Å². The molecule has 1 aromatic rings. The zero-order chi connectivity index (χ0) is 13.4. The number of nitrogens with one attached hydrogen (secondary N) is 2. The van der Waals surface area contributed by atoms with E-state index in [2.05, 4.69) is 38.8 Å². The van der Waals surface area contributed by atoms with E-state index in [9.17, 15) is 0 Å². The molecule has 0 fully saturated rings. The van der Waals surface area contributed by atoms with Gasteiger partial charge >= 0.3 is 6.01 Å². The van der Waals surface area contributed by atoms with E-state index in [1.165, 1.54) is 0 Å². The molecule has 0 spiro atoms. The van der Waals surface area contributed by atoms with Crippen LogP contribution in [-0.4, -0.2) is 46.7 Å². The molecule has 0 aliphatic rings. The van der Waals surface area contributed by atoms with Crippen molar-refractivity contribution in [2.75, 3.05) is 37.1 Å². The third kappa shape index (κ3) is 4.95. The van der Waals surface area contributed by atoms with Gasteiger partial charge in [0, 0.05) is 18.8 Å². The molecule has 2 N–H and O–H groups in total. The number of ether oxygens (including phenoxy) is 1. The fourth-order valence-electron chi connectivity index (χ4n) is 1.25. The number of hydrogen-bond acceptors (Lipinski definition) is 7. The minimum absolute atomic E-state index is 0.345. The Labute approximate surface area is 112 Å². The van der Waals surface area contributed by atoms with Gasteiger partial charge in [-0.25, -0.2) is 0 Å². The van der Waals surface area contributed by atoms with E-state index in [-0.39, 0.29) is 0 Å². The molecule has 0 aliphatic carbocycles. The Kier molecular flexibility index (Phi) is 6.56. The van der Waals surface area contributed by atoms with Crippen LogP contribution in [0.1, 0.15) is 20.3 Å². The predicted molar refractivity (Wildman–Crippen MR) is 76.6 cm³/mol. The minimum Gasteiger partial charge on any atom is -0.464 e. The van der Waals surface area contributed by atoms with Crippen molar-refractivity contribution in [1.29, 1.82) is 0 Å². The van der Waals surface area contributed by atoms with Gasteiger partial charge in [0.25, 0.3) is 0 Å². The van der Waals surface area contributed by atoms with Crippen molar-refractivity contribution in [3.63, 3.8) is 0 Å². The standard InChI is InChI=1S/C11H21N5OS/c1-5-17-11-15-9(12-3)14-10(16-11)13-7-6-8(2)18-4/h8H,5-7H2,1-4H3,(H2,12,13,14,15,16). The van der Waals surface area contributed by atoms with Gasteiger partial charge in [0.1, 0.15) is 0 Å². The number of aromatic nitrogens is 3. The van der Waals surface area contributed by atoms with Gasteiger partial charge in [-0.1, -0.05) is 6.92 Å². The summed E-state index contributed by atoms with van der Waals surface area (Å²) in [7, 11) is 1.77. The normalized spacial score (nSPS) is 12.0. The Balaban J connectivity index is 2.60. The summed E-state index contributed by atoms with van der Waals surface area (Å²) in [5.74, 6) is 1.06. The van der Waals surface area contributed by atoms with E-state index in [1.54, 1.807) is 7.05 Å². The lowest BCUT2D eigenvalue weighted by molar-refractivity contribution is 0.312. The Morgan fingerprint density at radius 2 is 2.00 bits per heavy atom. The molecular weight excluding hydrogens is 250 g/mol. The van der Waals surface area contributed by atoms with E-state index in [0.29, 0.717) is 29.8 Å². The molecule has 6 nitrogen and oxygen atoms in total. The van der Waals surface area contributed by atoms with Crippen LogP contribution in [0.25, 0.3) is 0 Å². The molecule has 1 aromatic heterocycles. The molecular formula is C11H21N5OS. The first-order valence-corrected chi connectivity index (χ1v) is 7.31. The monoisotopic (exact) mass is 271 g/mol. The summed E-state index contributed by atoms with van der Waals surface area (Å²) in [6, 6.07) is 0.345. The number of nitrogens with zero attached hydrogens (tertiary/aromatic N) is 3. The zero-order valence-electron chi connectivity index (χ0n) is 11.4. The van der Waals surface area contributed by atoms with Gasteiger partial charge in [-0.2, -0.15) is 26.7 Å². The molecule has 1 atom stereocenters. The highest BCUT2D eigenvalue weighted by Gasteiger charge is 2.06. The van der Waals surface area contributed by atoms with E-state index >= 15 is 0 Å². The fourth-order valence-corrected chi connectivity index (χ4v) is 1.60. The molecule has 7 heteroatoms. The van der Waals surface area contributed by atoms with Crippen LogP contribution >= 0.6 is 11.8 Å². The largest absolute Gasteiger partial charge is 0.464 e. The Hall–Kier alpha value is -1.24. The van der Waals surface area contributed by atoms with Crippen molar-refractivity contribution in [2.24, 2.45) is 0 Å². The van der Waals surface area contributed by atoms with Crippen LogP contribution in [0.15, 0.2) is 0 Å². The SMILES string of the molecule is CCOc1nc(NC)nc(NCCC(C)SC)n1. The van der Waals surface area contributed by atoms with Crippen LogP contribution in [0.2, 0.25) is 0 Å². The summed E-state index contributed by atoms with van der Waals surface area (Å²) in [5, 5.41) is 6.70. The molecule has 0 aromatic carbocycles. The molecule has 0 bridgehead atoms. The van der Waals surface area contributed by atoms with Gasteiger partial charge in [0.2, 0.25) is 11.9 Å². The summed E-state index contributed by atoms with van der Waals surface area (Å²) in [4.78, 5) is 12.5. The van der Waals surface area contributed by atoms with E-state index in [0.717, 1.165) is 13.0 Å². The third-order valence-corrected chi connectivity index (χ3v) is 3.39.